The molecule has 0 radical (unpaired) electrons. The Morgan fingerprint density at radius 2 is 2.15 bits per heavy atom. The molecule has 0 saturated heterocycles. The molecule has 1 aromatic heterocycles. The summed E-state index contributed by atoms with van der Waals surface area (Å²) >= 11 is 0. The van der Waals surface area contributed by atoms with Gasteiger partial charge in [-0.25, -0.2) is 0 Å². The molecule has 13 heavy (non-hydrogen) atoms. The van der Waals surface area contributed by atoms with Crippen molar-refractivity contribution in [3.63, 3.8) is 0 Å². The van der Waals surface area contributed by atoms with E-state index in [2.05, 4.69) is 4.98 Å². The topological polar surface area (TPSA) is 39.2 Å². The Morgan fingerprint density at radius 3 is 2.54 bits per heavy atom. The fourth-order valence-electron chi connectivity index (χ4n) is 0.943. The van der Waals surface area contributed by atoms with Crippen LogP contribution in [0.25, 0.3) is 0 Å². The number of aromatic nitrogens is 1. The second-order valence-electron chi connectivity index (χ2n) is 3.42. The second-order valence-corrected chi connectivity index (χ2v) is 3.42. The summed E-state index contributed by atoms with van der Waals surface area (Å²) in [6, 6.07) is 3.60. The number of nitrogens with zero attached hydrogens (tertiary/aromatic N) is 1. The number of carbonyl (C=O) groups is 1. The van der Waals surface area contributed by atoms with Gasteiger partial charge in [0.25, 0.3) is 0 Å². The van der Waals surface area contributed by atoms with Gasteiger partial charge < -0.3 is 9.53 Å². The molecule has 0 aromatic carbocycles. The molecule has 3 heteroatoms. The SMILES string of the molecule is COc1ccc(C(C)(C)C=O)nc1. The van der Waals surface area contributed by atoms with Gasteiger partial charge in [0, 0.05) is 0 Å². The lowest BCUT2D eigenvalue weighted by molar-refractivity contribution is -0.111. The smallest absolute Gasteiger partial charge is 0.137 e. The highest BCUT2D eigenvalue weighted by Crippen LogP contribution is 2.19. The Labute approximate surface area is 77.8 Å². The number of pyridine rings is 1. The van der Waals surface area contributed by atoms with Crippen molar-refractivity contribution in [2.24, 2.45) is 0 Å². The number of methoxy groups -OCH3 is 1. The molecule has 3 nitrogen and oxygen atoms in total. The van der Waals surface area contributed by atoms with Crippen molar-refractivity contribution < 1.29 is 9.53 Å². The quantitative estimate of drug-likeness (QED) is 0.661. The molecule has 1 rings (SSSR count). The van der Waals surface area contributed by atoms with E-state index < -0.39 is 5.41 Å². The minimum absolute atomic E-state index is 0.522. The predicted octanol–water partition coefficient (Wildman–Crippen LogP) is 1.57. The van der Waals surface area contributed by atoms with Crippen molar-refractivity contribution in [2.75, 3.05) is 7.11 Å². The van der Waals surface area contributed by atoms with Gasteiger partial charge in [-0.3, -0.25) is 4.98 Å². The number of hydrogen-bond acceptors (Lipinski definition) is 3. The maximum Gasteiger partial charge on any atom is 0.137 e. The van der Waals surface area contributed by atoms with Crippen molar-refractivity contribution in [1.29, 1.82) is 0 Å². The van der Waals surface area contributed by atoms with E-state index in [0.29, 0.717) is 5.75 Å². The van der Waals surface area contributed by atoms with E-state index in [-0.39, 0.29) is 0 Å². The highest BCUT2D eigenvalue weighted by molar-refractivity contribution is 5.65. The van der Waals surface area contributed by atoms with Crippen molar-refractivity contribution >= 4 is 6.29 Å². The number of aldehydes is 1. The Hall–Kier alpha value is -1.38. The third kappa shape index (κ3) is 2.05. The zero-order chi connectivity index (χ0) is 9.90. The van der Waals surface area contributed by atoms with Crippen LogP contribution in [-0.2, 0) is 10.2 Å². The van der Waals surface area contributed by atoms with Crippen LogP contribution in [0, 0.1) is 0 Å². The van der Waals surface area contributed by atoms with Crippen LogP contribution >= 0.6 is 0 Å². The zero-order valence-corrected chi connectivity index (χ0v) is 8.07. The molecule has 0 atom stereocenters. The molecule has 0 N–H and O–H groups in total. The third-order valence-corrected chi connectivity index (χ3v) is 1.93. The van der Waals surface area contributed by atoms with Gasteiger partial charge in [0.1, 0.15) is 12.0 Å². The minimum Gasteiger partial charge on any atom is -0.495 e. The van der Waals surface area contributed by atoms with Crippen molar-refractivity contribution in [1.82, 2.24) is 4.98 Å². The van der Waals surface area contributed by atoms with E-state index >= 15 is 0 Å². The molecule has 0 amide bonds. The first-order chi connectivity index (χ1) is 6.10. The molecule has 0 spiro atoms. The van der Waals surface area contributed by atoms with Crippen LogP contribution in [0.2, 0.25) is 0 Å². The van der Waals surface area contributed by atoms with Crippen LogP contribution in [0.15, 0.2) is 18.3 Å². The van der Waals surface area contributed by atoms with Crippen LogP contribution in [0.5, 0.6) is 5.75 Å². The van der Waals surface area contributed by atoms with Gasteiger partial charge in [-0.1, -0.05) is 0 Å². The first-order valence-electron chi connectivity index (χ1n) is 4.07. The van der Waals surface area contributed by atoms with Crippen LogP contribution < -0.4 is 4.74 Å². The first-order valence-corrected chi connectivity index (χ1v) is 4.07. The van der Waals surface area contributed by atoms with Crippen molar-refractivity contribution in [3.05, 3.63) is 24.0 Å². The lowest BCUT2D eigenvalue weighted by Crippen LogP contribution is -2.20. The Kier molecular flexibility index (Phi) is 2.66. The number of ether oxygens (including phenoxy) is 1. The zero-order valence-electron chi connectivity index (χ0n) is 8.07. The fraction of sp³-hybridized carbons (Fsp3) is 0.400. The number of carbonyl (C=O) groups excluding carboxylic acids is 1. The summed E-state index contributed by atoms with van der Waals surface area (Å²) in [6.45, 7) is 3.66. The molecule has 0 unspecified atom stereocenters. The Balaban J connectivity index is 2.98. The highest BCUT2D eigenvalue weighted by Gasteiger charge is 2.20. The average Bonchev–Trinajstić information content (AvgIpc) is 2.18. The van der Waals surface area contributed by atoms with Crippen LogP contribution in [0.3, 0.4) is 0 Å². The summed E-state index contributed by atoms with van der Waals surface area (Å²) in [7, 11) is 1.58. The van der Waals surface area contributed by atoms with E-state index in [0.717, 1.165) is 12.0 Å². The van der Waals surface area contributed by atoms with Crippen LogP contribution in [0.1, 0.15) is 19.5 Å². The normalized spacial score (nSPS) is 11.0. The molecule has 0 bridgehead atoms. The highest BCUT2D eigenvalue weighted by atomic mass is 16.5. The molecule has 70 valence electrons. The monoisotopic (exact) mass is 179 g/mol. The summed E-state index contributed by atoms with van der Waals surface area (Å²) in [5.74, 6) is 0.699. The summed E-state index contributed by atoms with van der Waals surface area (Å²) in [6.07, 6.45) is 2.50. The number of rotatable bonds is 3. The van der Waals surface area contributed by atoms with Crippen molar-refractivity contribution in [2.45, 2.75) is 19.3 Å². The average molecular weight is 179 g/mol. The lowest BCUT2D eigenvalue weighted by atomic mass is 9.91. The standard InChI is InChI=1S/C10H13NO2/c1-10(2,7-12)9-5-4-8(13-3)6-11-9/h4-7H,1-3H3. The van der Waals surface area contributed by atoms with E-state index in [9.17, 15) is 4.79 Å². The molecule has 1 heterocycles. The van der Waals surface area contributed by atoms with E-state index in [1.165, 1.54) is 0 Å². The lowest BCUT2D eigenvalue weighted by Gasteiger charge is -2.15. The van der Waals surface area contributed by atoms with E-state index in [1.54, 1.807) is 25.4 Å². The largest absolute Gasteiger partial charge is 0.495 e. The van der Waals surface area contributed by atoms with Gasteiger partial charge in [-0.15, -0.1) is 0 Å². The summed E-state index contributed by atoms with van der Waals surface area (Å²) < 4.78 is 4.96. The molecule has 0 saturated carbocycles. The maximum atomic E-state index is 10.7. The Bertz CT molecular complexity index is 290. The van der Waals surface area contributed by atoms with Crippen LogP contribution in [0.4, 0.5) is 0 Å². The van der Waals surface area contributed by atoms with Gasteiger partial charge in [0.15, 0.2) is 0 Å². The van der Waals surface area contributed by atoms with Gasteiger partial charge in [-0.05, 0) is 26.0 Å². The summed E-state index contributed by atoms with van der Waals surface area (Å²) in [5, 5.41) is 0. The third-order valence-electron chi connectivity index (χ3n) is 1.93. The first kappa shape index (κ1) is 9.71. The molecule has 1 aromatic rings. The molecule has 0 aliphatic heterocycles. The second kappa shape index (κ2) is 3.56. The van der Waals surface area contributed by atoms with Gasteiger partial charge in [0.2, 0.25) is 0 Å². The molecule has 0 aliphatic carbocycles. The molecular formula is C10H13NO2. The minimum atomic E-state index is -0.522. The van der Waals surface area contributed by atoms with Crippen LogP contribution in [-0.4, -0.2) is 18.4 Å². The summed E-state index contributed by atoms with van der Waals surface area (Å²) in [4.78, 5) is 14.8. The van der Waals surface area contributed by atoms with E-state index in [4.69, 9.17) is 4.74 Å². The van der Waals surface area contributed by atoms with E-state index in [1.807, 2.05) is 13.8 Å². The van der Waals surface area contributed by atoms with Gasteiger partial charge >= 0.3 is 0 Å². The maximum absolute atomic E-state index is 10.7. The van der Waals surface area contributed by atoms with Gasteiger partial charge in [-0.2, -0.15) is 0 Å². The Morgan fingerprint density at radius 1 is 1.46 bits per heavy atom. The number of hydrogen-bond donors (Lipinski definition) is 0. The van der Waals surface area contributed by atoms with Crippen molar-refractivity contribution in [3.8, 4) is 5.75 Å². The molecular weight excluding hydrogens is 166 g/mol. The summed E-state index contributed by atoms with van der Waals surface area (Å²) in [5.41, 5.74) is 0.231. The van der Waals surface area contributed by atoms with Gasteiger partial charge in [0.05, 0.1) is 24.4 Å². The fourth-order valence-corrected chi connectivity index (χ4v) is 0.943. The molecule has 0 aliphatic rings. The molecule has 0 fully saturated rings. The predicted molar refractivity (Wildman–Crippen MR) is 49.9 cm³/mol.